The second-order valence-electron chi connectivity index (χ2n) is 6.15. The van der Waals surface area contributed by atoms with Crippen molar-refractivity contribution in [2.75, 3.05) is 44.5 Å². The van der Waals surface area contributed by atoms with Crippen molar-refractivity contribution in [2.24, 2.45) is 0 Å². The Morgan fingerprint density at radius 1 is 1.40 bits per heavy atom. The van der Waals surface area contributed by atoms with E-state index in [1.807, 2.05) is 0 Å². The number of aromatic nitrogens is 4. The largest absolute Gasteiger partial charge is 0.495 e. The van der Waals surface area contributed by atoms with Crippen LogP contribution in [0.2, 0.25) is 0 Å². The number of thioether (sulfide) groups is 1. The van der Waals surface area contributed by atoms with Gasteiger partial charge in [-0.3, -0.25) is 4.79 Å². The van der Waals surface area contributed by atoms with Gasteiger partial charge in [0, 0.05) is 13.1 Å². The molecule has 2 aromatic rings. The van der Waals surface area contributed by atoms with E-state index in [1.54, 1.807) is 6.08 Å². The molecular weight excluding hydrogens is 432 g/mol. The number of methoxy groups -OCH3 is 1. The number of hydrogen-bond donors (Lipinski definition) is 1. The molecule has 0 aliphatic carbocycles. The van der Waals surface area contributed by atoms with Crippen LogP contribution in [-0.2, 0) is 26.1 Å². The van der Waals surface area contributed by atoms with Crippen LogP contribution in [0.3, 0.4) is 0 Å². The molecule has 1 N–H and O–H groups in total. The SMILES string of the molecule is C=CCn1nnnc1SCC(=O)Nc1cc(S(=O)(=O)N2CCOCC2)ccc1OC. The first-order valence-corrected chi connectivity index (χ1v) is 11.4. The van der Waals surface area contributed by atoms with E-state index in [-0.39, 0.29) is 35.3 Å². The Bertz CT molecular complexity index is 1000. The van der Waals surface area contributed by atoms with Gasteiger partial charge in [-0.05, 0) is 28.6 Å². The molecule has 1 aliphatic rings. The van der Waals surface area contributed by atoms with Crippen molar-refractivity contribution in [1.29, 1.82) is 0 Å². The number of tetrazole rings is 1. The maximum absolute atomic E-state index is 12.9. The molecule has 0 spiro atoms. The molecule has 0 radical (unpaired) electrons. The minimum Gasteiger partial charge on any atom is -0.495 e. The fraction of sp³-hybridized carbons (Fsp3) is 0.412. The van der Waals surface area contributed by atoms with E-state index >= 15 is 0 Å². The van der Waals surface area contributed by atoms with Crippen LogP contribution in [0.25, 0.3) is 0 Å². The lowest BCUT2D eigenvalue weighted by atomic mass is 10.3. The molecule has 1 saturated heterocycles. The minimum atomic E-state index is -3.70. The number of amides is 1. The van der Waals surface area contributed by atoms with Crippen LogP contribution in [0.4, 0.5) is 5.69 Å². The number of nitrogens with zero attached hydrogens (tertiary/aromatic N) is 5. The van der Waals surface area contributed by atoms with Gasteiger partial charge in [-0.1, -0.05) is 17.8 Å². The summed E-state index contributed by atoms with van der Waals surface area (Å²) in [6, 6.07) is 4.37. The zero-order valence-electron chi connectivity index (χ0n) is 16.4. The molecule has 1 aromatic carbocycles. The highest BCUT2D eigenvalue weighted by Crippen LogP contribution is 2.29. The number of sulfonamides is 1. The number of morpholine rings is 1. The second-order valence-corrected chi connectivity index (χ2v) is 9.03. The number of nitrogens with one attached hydrogen (secondary N) is 1. The highest BCUT2D eigenvalue weighted by atomic mass is 32.2. The van der Waals surface area contributed by atoms with Gasteiger partial charge in [-0.2, -0.15) is 4.31 Å². The number of allylic oxidation sites excluding steroid dienone is 1. The first-order valence-electron chi connectivity index (χ1n) is 9.01. The third kappa shape index (κ3) is 5.16. The Morgan fingerprint density at radius 2 is 2.17 bits per heavy atom. The average Bonchev–Trinajstić information content (AvgIpc) is 3.20. The van der Waals surface area contributed by atoms with E-state index in [4.69, 9.17) is 9.47 Å². The normalized spacial score (nSPS) is 15.0. The number of carbonyl (C=O) groups is 1. The van der Waals surface area contributed by atoms with Gasteiger partial charge in [-0.15, -0.1) is 11.7 Å². The van der Waals surface area contributed by atoms with Crippen LogP contribution in [0, 0.1) is 0 Å². The molecule has 0 bridgehead atoms. The topological polar surface area (TPSA) is 129 Å². The fourth-order valence-electron chi connectivity index (χ4n) is 2.73. The van der Waals surface area contributed by atoms with Gasteiger partial charge in [0.15, 0.2) is 0 Å². The highest BCUT2D eigenvalue weighted by molar-refractivity contribution is 7.99. The molecule has 11 nitrogen and oxygen atoms in total. The van der Waals surface area contributed by atoms with Gasteiger partial charge in [0.05, 0.1) is 43.2 Å². The first kappa shape index (κ1) is 22.2. The first-order chi connectivity index (χ1) is 14.5. The zero-order chi connectivity index (χ0) is 21.6. The molecule has 1 aromatic heterocycles. The summed E-state index contributed by atoms with van der Waals surface area (Å²) in [6.45, 7) is 5.32. The molecule has 1 fully saturated rings. The lowest BCUT2D eigenvalue weighted by molar-refractivity contribution is -0.113. The molecule has 1 aliphatic heterocycles. The van der Waals surface area contributed by atoms with E-state index in [0.717, 1.165) is 11.8 Å². The predicted octanol–water partition coefficient (Wildman–Crippen LogP) is 0.619. The van der Waals surface area contributed by atoms with Gasteiger partial charge in [0.25, 0.3) is 0 Å². The van der Waals surface area contributed by atoms with E-state index in [9.17, 15) is 13.2 Å². The van der Waals surface area contributed by atoms with Crippen molar-refractivity contribution in [1.82, 2.24) is 24.5 Å². The van der Waals surface area contributed by atoms with Crippen molar-refractivity contribution in [3.63, 3.8) is 0 Å². The molecule has 162 valence electrons. The van der Waals surface area contributed by atoms with Crippen LogP contribution in [0.1, 0.15) is 0 Å². The van der Waals surface area contributed by atoms with E-state index in [2.05, 4.69) is 27.4 Å². The van der Waals surface area contributed by atoms with E-state index < -0.39 is 10.0 Å². The summed E-state index contributed by atoms with van der Waals surface area (Å²) in [7, 11) is -2.26. The minimum absolute atomic E-state index is 0.0289. The standard InChI is InChI=1S/C17H22N6O5S2/c1-3-6-23-17(19-20-21-23)29-12-16(24)18-14-11-13(4-5-15(14)27-2)30(25,26)22-7-9-28-10-8-22/h3-5,11H,1,6-10,12H2,2H3,(H,18,24). The summed E-state index contributed by atoms with van der Waals surface area (Å²) < 4.78 is 39.1. The Labute approximate surface area is 178 Å². The molecule has 1 amide bonds. The fourth-order valence-corrected chi connectivity index (χ4v) is 4.86. The lowest BCUT2D eigenvalue weighted by Crippen LogP contribution is -2.40. The molecule has 13 heteroatoms. The van der Waals surface area contributed by atoms with Gasteiger partial charge in [0.2, 0.25) is 21.1 Å². The third-order valence-electron chi connectivity index (χ3n) is 4.19. The summed E-state index contributed by atoms with van der Waals surface area (Å²) in [4.78, 5) is 12.5. The number of hydrogen-bond acceptors (Lipinski definition) is 9. The maximum Gasteiger partial charge on any atom is 0.243 e. The lowest BCUT2D eigenvalue weighted by Gasteiger charge is -2.26. The second kappa shape index (κ2) is 10.0. The summed E-state index contributed by atoms with van der Waals surface area (Å²) in [5.41, 5.74) is 0.267. The van der Waals surface area contributed by atoms with Crippen molar-refractivity contribution >= 4 is 33.4 Å². The van der Waals surface area contributed by atoms with Crippen LogP contribution >= 0.6 is 11.8 Å². The molecule has 0 unspecified atom stereocenters. The van der Waals surface area contributed by atoms with Crippen molar-refractivity contribution in [3.8, 4) is 5.75 Å². The Kier molecular flexibility index (Phi) is 7.42. The van der Waals surface area contributed by atoms with Gasteiger partial charge in [-0.25, -0.2) is 13.1 Å². The monoisotopic (exact) mass is 454 g/mol. The molecule has 2 heterocycles. The van der Waals surface area contributed by atoms with E-state index in [1.165, 1.54) is 34.3 Å². The summed E-state index contributed by atoms with van der Waals surface area (Å²) in [5, 5.41) is 14.4. The average molecular weight is 455 g/mol. The van der Waals surface area contributed by atoms with Crippen molar-refractivity contribution < 1.29 is 22.7 Å². The quantitative estimate of drug-likeness (QED) is 0.428. The number of carbonyl (C=O) groups excluding carboxylic acids is 1. The zero-order valence-corrected chi connectivity index (χ0v) is 18.0. The molecule has 3 rings (SSSR count). The molecular formula is C17H22N6O5S2. The molecule has 0 atom stereocenters. The van der Waals surface area contributed by atoms with Crippen LogP contribution < -0.4 is 10.1 Å². The Hall–Kier alpha value is -2.48. The number of benzene rings is 1. The predicted molar refractivity (Wildman–Crippen MR) is 110 cm³/mol. The van der Waals surface area contributed by atoms with Crippen molar-refractivity contribution in [2.45, 2.75) is 16.6 Å². The van der Waals surface area contributed by atoms with Crippen molar-refractivity contribution in [3.05, 3.63) is 30.9 Å². The number of ether oxygens (including phenoxy) is 2. The van der Waals surface area contributed by atoms with Gasteiger partial charge in [0.1, 0.15) is 5.75 Å². The Balaban J connectivity index is 1.72. The van der Waals surface area contributed by atoms with Crippen LogP contribution in [0.15, 0.2) is 40.9 Å². The third-order valence-corrected chi connectivity index (χ3v) is 7.04. The number of anilines is 1. The maximum atomic E-state index is 12.9. The van der Waals surface area contributed by atoms with Crippen LogP contribution in [-0.4, -0.2) is 78.0 Å². The van der Waals surface area contributed by atoms with E-state index in [0.29, 0.717) is 30.7 Å². The molecule has 0 saturated carbocycles. The Morgan fingerprint density at radius 3 is 2.87 bits per heavy atom. The van der Waals surface area contributed by atoms with Gasteiger partial charge < -0.3 is 14.8 Å². The number of rotatable bonds is 9. The highest BCUT2D eigenvalue weighted by Gasteiger charge is 2.27. The smallest absolute Gasteiger partial charge is 0.243 e. The summed E-state index contributed by atoms with van der Waals surface area (Å²) in [6.07, 6.45) is 1.64. The summed E-state index contributed by atoms with van der Waals surface area (Å²) >= 11 is 1.15. The summed E-state index contributed by atoms with van der Waals surface area (Å²) in [5.74, 6) is 0.0272. The van der Waals surface area contributed by atoms with Crippen LogP contribution in [0.5, 0.6) is 5.75 Å². The van der Waals surface area contributed by atoms with Gasteiger partial charge >= 0.3 is 0 Å². The molecule has 30 heavy (non-hydrogen) atoms.